The van der Waals surface area contributed by atoms with Crippen molar-refractivity contribution in [1.29, 1.82) is 5.26 Å². The van der Waals surface area contributed by atoms with Crippen LogP contribution >= 0.6 is 11.8 Å². The van der Waals surface area contributed by atoms with Crippen LogP contribution in [-0.4, -0.2) is 38.6 Å². The molecule has 1 aromatic heterocycles. The van der Waals surface area contributed by atoms with Crippen molar-refractivity contribution in [3.05, 3.63) is 36.9 Å². The molecule has 1 amide bonds. The van der Waals surface area contributed by atoms with E-state index in [-0.39, 0.29) is 11.8 Å². The lowest BCUT2D eigenvalue weighted by Gasteiger charge is -2.28. The summed E-state index contributed by atoms with van der Waals surface area (Å²) >= 11 is 1.30. The number of carbonyl (C=O) groups is 1. The minimum absolute atomic E-state index is 0.0141. The van der Waals surface area contributed by atoms with Crippen LogP contribution in [0.4, 0.5) is 0 Å². The van der Waals surface area contributed by atoms with Gasteiger partial charge in [-0.2, -0.15) is 5.26 Å². The number of hydrogen-bond acceptors (Lipinski definition) is 6. The number of nitrogens with one attached hydrogen (secondary N) is 1. The normalized spacial score (nSPS) is 14.0. The van der Waals surface area contributed by atoms with E-state index in [2.05, 4.69) is 28.2 Å². The van der Waals surface area contributed by atoms with Gasteiger partial charge in [-0.05, 0) is 44.0 Å². The molecule has 0 aliphatic heterocycles. The molecular weight excluding hydrogens is 386 g/mol. The van der Waals surface area contributed by atoms with Gasteiger partial charge in [-0.1, -0.05) is 31.7 Å². The summed E-state index contributed by atoms with van der Waals surface area (Å²) in [5, 5.41) is 21.0. The number of allylic oxidation sites excluding steroid dienone is 1. The predicted octanol–water partition coefficient (Wildman–Crippen LogP) is 3.67. The summed E-state index contributed by atoms with van der Waals surface area (Å²) in [4.78, 5) is 12.7. The Kier molecular flexibility index (Phi) is 7.46. The fraction of sp³-hybridized carbons (Fsp3) is 0.429. The molecule has 0 unspecified atom stereocenters. The predicted molar refractivity (Wildman–Crippen MR) is 115 cm³/mol. The van der Waals surface area contributed by atoms with Crippen molar-refractivity contribution in [3.8, 4) is 23.2 Å². The lowest BCUT2D eigenvalue weighted by atomic mass is 9.90. The van der Waals surface area contributed by atoms with Crippen LogP contribution in [0.5, 0.6) is 5.75 Å². The minimum atomic E-state index is -0.922. The van der Waals surface area contributed by atoms with Crippen LogP contribution in [0.25, 0.3) is 11.4 Å². The number of ether oxygens (including phenoxy) is 1. The second-order valence-electron chi connectivity index (χ2n) is 7.15. The van der Waals surface area contributed by atoms with Crippen molar-refractivity contribution >= 4 is 17.7 Å². The van der Waals surface area contributed by atoms with E-state index >= 15 is 0 Å². The zero-order valence-corrected chi connectivity index (χ0v) is 18.3. The van der Waals surface area contributed by atoms with E-state index < -0.39 is 10.8 Å². The summed E-state index contributed by atoms with van der Waals surface area (Å²) in [6.45, 7) is 11.7. The van der Waals surface area contributed by atoms with E-state index in [9.17, 15) is 10.1 Å². The highest BCUT2D eigenvalue weighted by Gasteiger charge is 2.32. The van der Waals surface area contributed by atoms with Crippen LogP contribution in [0.15, 0.2) is 42.1 Å². The third kappa shape index (κ3) is 5.18. The Labute approximate surface area is 176 Å². The fourth-order valence-electron chi connectivity index (χ4n) is 2.49. The molecule has 2 rings (SSSR count). The van der Waals surface area contributed by atoms with Crippen LogP contribution in [0.3, 0.4) is 0 Å². The first-order chi connectivity index (χ1) is 13.8. The second-order valence-corrected chi connectivity index (χ2v) is 8.46. The molecule has 1 aromatic carbocycles. The van der Waals surface area contributed by atoms with Gasteiger partial charge in [-0.15, -0.1) is 16.8 Å². The topological polar surface area (TPSA) is 92.8 Å². The zero-order valence-electron chi connectivity index (χ0n) is 17.5. The van der Waals surface area contributed by atoms with E-state index in [1.165, 1.54) is 11.8 Å². The first-order valence-electron chi connectivity index (χ1n) is 9.34. The van der Waals surface area contributed by atoms with Crippen LogP contribution in [0.2, 0.25) is 0 Å². The van der Waals surface area contributed by atoms with Crippen LogP contribution < -0.4 is 10.1 Å². The van der Waals surface area contributed by atoms with Gasteiger partial charge < -0.3 is 10.1 Å². The molecule has 0 aliphatic carbocycles. The van der Waals surface area contributed by atoms with Gasteiger partial charge in [0, 0.05) is 12.1 Å². The van der Waals surface area contributed by atoms with Gasteiger partial charge in [0.05, 0.1) is 18.4 Å². The molecule has 1 heterocycles. The van der Waals surface area contributed by atoms with E-state index in [0.717, 1.165) is 11.3 Å². The number of benzene rings is 1. The molecule has 29 heavy (non-hydrogen) atoms. The number of rotatable bonds is 9. The highest BCUT2D eigenvalue weighted by atomic mass is 32.2. The summed E-state index contributed by atoms with van der Waals surface area (Å²) < 4.78 is 7.11. The van der Waals surface area contributed by atoms with Crippen LogP contribution in [0.1, 0.15) is 27.7 Å². The molecule has 8 heteroatoms. The summed E-state index contributed by atoms with van der Waals surface area (Å²) in [7, 11) is 1.62. The van der Waals surface area contributed by atoms with E-state index in [4.69, 9.17) is 4.74 Å². The molecular formula is C21H27N5O2S. The maximum atomic E-state index is 12.7. The fourth-order valence-corrected chi connectivity index (χ4v) is 3.35. The molecule has 154 valence electrons. The number of thioether (sulfide) groups is 1. The number of hydrogen-bond donors (Lipinski definition) is 1. The number of amides is 1. The average Bonchev–Trinajstić information content (AvgIpc) is 3.10. The first-order valence-corrected chi connectivity index (χ1v) is 10.2. The number of methoxy groups -OCH3 is 1. The zero-order chi connectivity index (χ0) is 21.6. The van der Waals surface area contributed by atoms with Crippen molar-refractivity contribution in [2.24, 2.45) is 5.92 Å². The molecule has 2 atom stereocenters. The molecule has 0 radical (unpaired) electrons. The third-order valence-corrected chi connectivity index (χ3v) is 5.88. The van der Waals surface area contributed by atoms with Crippen molar-refractivity contribution in [2.45, 2.75) is 50.2 Å². The Bertz CT molecular complexity index is 901. The molecule has 1 N–H and O–H groups in total. The Balaban J connectivity index is 2.24. The summed E-state index contributed by atoms with van der Waals surface area (Å²) in [6, 6.07) is 9.74. The summed E-state index contributed by atoms with van der Waals surface area (Å²) in [5.41, 5.74) is -0.0319. The number of nitrogens with zero attached hydrogens (tertiary/aromatic N) is 4. The minimum Gasteiger partial charge on any atom is -0.497 e. The summed E-state index contributed by atoms with van der Waals surface area (Å²) in [5.74, 6) is 1.22. The molecule has 2 aromatic rings. The average molecular weight is 414 g/mol. The molecule has 7 nitrogen and oxygen atoms in total. The van der Waals surface area contributed by atoms with Gasteiger partial charge in [0.25, 0.3) is 0 Å². The molecule has 0 saturated heterocycles. The van der Waals surface area contributed by atoms with Gasteiger partial charge in [0.15, 0.2) is 11.0 Å². The quantitative estimate of drug-likeness (QED) is 0.498. The number of nitriles is 1. The van der Waals surface area contributed by atoms with E-state index in [1.54, 1.807) is 27.0 Å². The summed E-state index contributed by atoms with van der Waals surface area (Å²) in [6.07, 6.45) is 1.76. The molecule has 0 fully saturated rings. The molecule has 0 bridgehead atoms. The number of aromatic nitrogens is 3. The van der Waals surface area contributed by atoms with Crippen molar-refractivity contribution in [3.63, 3.8) is 0 Å². The molecule has 0 spiro atoms. The van der Waals surface area contributed by atoms with E-state index in [0.29, 0.717) is 17.5 Å². The highest BCUT2D eigenvalue weighted by Crippen LogP contribution is 2.28. The lowest BCUT2D eigenvalue weighted by molar-refractivity contribution is -0.121. The Hall–Kier alpha value is -2.79. The maximum Gasteiger partial charge on any atom is 0.234 e. The second kappa shape index (κ2) is 9.61. The molecule has 0 aliphatic rings. The Morgan fingerprint density at radius 2 is 2.03 bits per heavy atom. The lowest BCUT2D eigenvalue weighted by Crippen LogP contribution is -2.51. The highest BCUT2D eigenvalue weighted by molar-refractivity contribution is 8.00. The van der Waals surface area contributed by atoms with Crippen molar-refractivity contribution in [1.82, 2.24) is 20.1 Å². The van der Waals surface area contributed by atoms with Gasteiger partial charge in [0.1, 0.15) is 11.3 Å². The van der Waals surface area contributed by atoms with Crippen LogP contribution in [-0.2, 0) is 11.3 Å². The third-order valence-electron chi connectivity index (χ3n) is 4.80. The Morgan fingerprint density at radius 1 is 1.38 bits per heavy atom. The maximum absolute atomic E-state index is 12.7. The largest absolute Gasteiger partial charge is 0.497 e. The number of carbonyl (C=O) groups excluding carboxylic acids is 1. The van der Waals surface area contributed by atoms with Gasteiger partial charge in [-0.3, -0.25) is 9.36 Å². The van der Waals surface area contributed by atoms with Crippen LogP contribution in [0, 0.1) is 17.2 Å². The smallest absolute Gasteiger partial charge is 0.234 e. The first kappa shape index (κ1) is 22.5. The van der Waals surface area contributed by atoms with Gasteiger partial charge in [0.2, 0.25) is 5.91 Å². The van der Waals surface area contributed by atoms with E-state index in [1.807, 2.05) is 42.7 Å². The van der Waals surface area contributed by atoms with Gasteiger partial charge in [-0.25, -0.2) is 0 Å². The Morgan fingerprint density at radius 3 is 2.55 bits per heavy atom. The van der Waals surface area contributed by atoms with Gasteiger partial charge >= 0.3 is 0 Å². The van der Waals surface area contributed by atoms with Crippen molar-refractivity contribution < 1.29 is 9.53 Å². The van der Waals surface area contributed by atoms with Crippen molar-refractivity contribution in [2.75, 3.05) is 7.11 Å². The SMILES string of the molecule is C=CCn1c(S[C@@H](C)C(=O)N[C@](C)(C#N)C(C)C)nnc1-c1ccc(OC)cc1. The molecule has 0 saturated carbocycles. The standard InChI is InChI=1S/C21H27N5O2S/c1-7-12-26-18(16-8-10-17(28-6)11-9-16)24-25-20(26)29-15(4)19(27)23-21(5,13-22)14(2)3/h7-11,14-15H,1,12H2,2-6H3,(H,23,27)/t15-,21+/m0/s1. The monoisotopic (exact) mass is 413 g/mol.